The smallest absolute Gasteiger partial charge is 0.220 e. The van der Waals surface area contributed by atoms with Gasteiger partial charge in [-0.25, -0.2) is 0 Å². The number of carbonyl (C=O) groups is 1. The van der Waals surface area contributed by atoms with Gasteiger partial charge in [0.1, 0.15) is 0 Å². The summed E-state index contributed by atoms with van der Waals surface area (Å²) in [6.45, 7) is 2.67. The van der Waals surface area contributed by atoms with Gasteiger partial charge in [-0.05, 0) is 18.8 Å². The Morgan fingerprint density at radius 2 is 2.06 bits per heavy atom. The normalized spacial score (nSPS) is 19.4. The van der Waals surface area contributed by atoms with Gasteiger partial charge >= 0.3 is 0 Å². The van der Waals surface area contributed by atoms with Crippen LogP contribution in [-0.2, 0) is 4.79 Å². The number of amides is 1. The first kappa shape index (κ1) is 13.5. The van der Waals surface area contributed by atoms with Crippen LogP contribution < -0.4 is 11.1 Å². The van der Waals surface area contributed by atoms with Crippen LogP contribution in [0, 0.1) is 5.92 Å². The minimum atomic E-state index is 0.110. The molecule has 3 nitrogen and oxygen atoms in total. The molecule has 1 aliphatic rings. The second kappa shape index (κ2) is 7.66. The van der Waals surface area contributed by atoms with E-state index in [1.807, 2.05) is 6.92 Å². The van der Waals surface area contributed by atoms with Crippen LogP contribution in [0.2, 0.25) is 0 Å². The van der Waals surface area contributed by atoms with Gasteiger partial charge < -0.3 is 11.1 Å². The van der Waals surface area contributed by atoms with Gasteiger partial charge in [0.25, 0.3) is 0 Å². The summed E-state index contributed by atoms with van der Waals surface area (Å²) in [5, 5.41) is 2.91. The van der Waals surface area contributed by atoms with Crippen LogP contribution in [0.25, 0.3) is 0 Å². The van der Waals surface area contributed by atoms with Gasteiger partial charge in [0.2, 0.25) is 5.91 Å². The second-order valence-corrected chi connectivity index (χ2v) is 5.02. The van der Waals surface area contributed by atoms with Gasteiger partial charge in [0.15, 0.2) is 0 Å². The van der Waals surface area contributed by atoms with Crippen molar-refractivity contribution in [1.82, 2.24) is 5.32 Å². The van der Waals surface area contributed by atoms with E-state index in [2.05, 4.69) is 5.32 Å². The van der Waals surface area contributed by atoms with Crippen molar-refractivity contribution in [3.63, 3.8) is 0 Å². The van der Waals surface area contributed by atoms with Crippen LogP contribution >= 0.6 is 0 Å². The van der Waals surface area contributed by atoms with E-state index in [1.165, 1.54) is 32.1 Å². The summed E-state index contributed by atoms with van der Waals surface area (Å²) >= 11 is 0. The lowest BCUT2D eigenvalue weighted by molar-refractivity contribution is -0.121. The Kier molecular flexibility index (Phi) is 6.46. The van der Waals surface area contributed by atoms with Crippen molar-refractivity contribution in [2.45, 2.75) is 64.3 Å². The molecule has 0 aliphatic heterocycles. The predicted octanol–water partition coefficient (Wildman–Crippen LogP) is 2.20. The summed E-state index contributed by atoms with van der Waals surface area (Å²) in [6, 6.07) is 0.110. The van der Waals surface area contributed by atoms with Crippen LogP contribution in [0.3, 0.4) is 0 Å². The predicted molar refractivity (Wildman–Crippen MR) is 67.1 cm³/mol. The molecule has 1 unspecified atom stereocenters. The van der Waals surface area contributed by atoms with Crippen LogP contribution in [0.15, 0.2) is 0 Å². The van der Waals surface area contributed by atoms with E-state index in [9.17, 15) is 4.79 Å². The Hall–Kier alpha value is -0.570. The molecule has 1 rings (SSSR count). The zero-order chi connectivity index (χ0) is 11.8. The summed E-state index contributed by atoms with van der Waals surface area (Å²) in [6.07, 6.45) is 9.40. The summed E-state index contributed by atoms with van der Waals surface area (Å²) in [7, 11) is 0. The van der Waals surface area contributed by atoms with E-state index >= 15 is 0 Å². The fraction of sp³-hybridized carbons (Fsp3) is 0.923. The quantitative estimate of drug-likeness (QED) is 0.729. The number of hydrogen-bond donors (Lipinski definition) is 2. The molecule has 1 saturated carbocycles. The molecule has 0 spiro atoms. The highest BCUT2D eigenvalue weighted by molar-refractivity contribution is 5.75. The van der Waals surface area contributed by atoms with Crippen LogP contribution in [0.5, 0.6) is 0 Å². The van der Waals surface area contributed by atoms with Crippen molar-refractivity contribution >= 4 is 5.91 Å². The number of nitrogens with one attached hydrogen (secondary N) is 1. The number of hydrogen-bond acceptors (Lipinski definition) is 2. The molecule has 1 aliphatic carbocycles. The minimum absolute atomic E-state index is 0.110. The number of nitrogens with two attached hydrogens (primary N) is 1. The molecule has 0 bridgehead atoms. The first-order valence-electron chi connectivity index (χ1n) is 6.74. The molecule has 0 radical (unpaired) electrons. The Morgan fingerprint density at radius 1 is 1.38 bits per heavy atom. The van der Waals surface area contributed by atoms with E-state index < -0.39 is 0 Å². The van der Waals surface area contributed by atoms with Crippen LogP contribution in [0.1, 0.15) is 58.3 Å². The SMILES string of the molecule is CCC(N)CNC(=O)CCC1CCCCC1. The van der Waals surface area contributed by atoms with Crippen molar-refractivity contribution in [3.05, 3.63) is 0 Å². The largest absolute Gasteiger partial charge is 0.355 e. The highest BCUT2D eigenvalue weighted by Gasteiger charge is 2.14. The highest BCUT2D eigenvalue weighted by atomic mass is 16.1. The molecule has 94 valence electrons. The molecule has 0 aromatic heterocycles. The third-order valence-corrected chi connectivity index (χ3v) is 3.59. The molecule has 3 N–H and O–H groups in total. The Bertz CT molecular complexity index is 200. The first-order chi connectivity index (χ1) is 7.72. The molecular weight excluding hydrogens is 200 g/mol. The average Bonchev–Trinajstić information content (AvgIpc) is 2.34. The maximum absolute atomic E-state index is 11.5. The number of carbonyl (C=O) groups excluding carboxylic acids is 1. The van der Waals surface area contributed by atoms with Crippen LogP contribution in [-0.4, -0.2) is 18.5 Å². The Morgan fingerprint density at radius 3 is 2.69 bits per heavy atom. The van der Waals surface area contributed by atoms with Gasteiger partial charge in [0, 0.05) is 19.0 Å². The van der Waals surface area contributed by atoms with E-state index in [0.717, 1.165) is 18.8 Å². The lowest BCUT2D eigenvalue weighted by Gasteiger charge is -2.21. The summed E-state index contributed by atoms with van der Waals surface area (Å²) < 4.78 is 0. The van der Waals surface area contributed by atoms with Gasteiger partial charge in [-0.1, -0.05) is 39.0 Å². The fourth-order valence-electron chi connectivity index (χ4n) is 2.29. The van der Waals surface area contributed by atoms with Crippen molar-refractivity contribution < 1.29 is 4.79 Å². The lowest BCUT2D eigenvalue weighted by atomic mass is 9.86. The third kappa shape index (κ3) is 5.50. The maximum atomic E-state index is 11.5. The van der Waals surface area contributed by atoms with E-state index in [0.29, 0.717) is 13.0 Å². The minimum Gasteiger partial charge on any atom is -0.355 e. The molecule has 0 heterocycles. The van der Waals surface area contributed by atoms with Gasteiger partial charge in [-0.2, -0.15) is 0 Å². The average molecular weight is 226 g/mol. The first-order valence-corrected chi connectivity index (χ1v) is 6.74. The Balaban J connectivity index is 2.05. The molecule has 0 aromatic carbocycles. The zero-order valence-corrected chi connectivity index (χ0v) is 10.5. The molecule has 1 fully saturated rings. The molecular formula is C13H26N2O. The summed E-state index contributed by atoms with van der Waals surface area (Å²) in [5.41, 5.74) is 5.75. The third-order valence-electron chi connectivity index (χ3n) is 3.59. The van der Waals surface area contributed by atoms with Gasteiger partial charge in [-0.15, -0.1) is 0 Å². The molecule has 0 aromatic rings. The van der Waals surface area contributed by atoms with E-state index in [4.69, 9.17) is 5.73 Å². The maximum Gasteiger partial charge on any atom is 0.220 e. The van der Waals surface area contributed by atoms with Crippen molar-refractivity contribution in [1.29, 1.82) is 0 Å². The fourth-order valence-corrected chi connectivity index (χ4v) is 2.29. The van der Waals surface area contributed by atoms with E-state index in [1.54, 1.807) is 0 Å². The van der Waals surface area contributed by atoms with E-state index in [-0.39, 0.29) is 11.9 Å². The molecule has 3 heteroatoms. The molecule has 0 saturated heterocycles. The summed E-state index contributed by atoms with van der Waals surface area (Å²) in [4.78, 5) is 11.5. The van der Waals surface area contributed by atoms with Crippen LogP contribution in [0.4, 0.5) is 0 Å². The standard InChI is InChI=1S/C13H26N2O/c1-2-12(14)10-15-13(16)9-8-11-6-4-3-5-7-11/h11-12H,2-10,14H2,1H3,(H,15,16). The van der Waals surface area contributed by atoms with Gasteiger partial charge in [-0.3, -0.25) is 4.79 Å². The van der Waals surface area contributed by atoms with Gasteiger partial charge in [0.05, 0.1) is 0 Å². The zero-order valence-electron chi connectivity index (χ0n) is 10.5. The molecule has 16 heavy (non-hydrogen) atoms. The van der Waals surface area contributed by atoms with Crippen molar-refractivity contribution in [3.8, 4) is 0 Å². The molecule has 1 atom stereocenters. The van der Waals surface area contributed by atoms with Crippen molar-refractivity contribution in [2.75, 3.05) is 6.54 Å². The monoisotopic (exact) mass is 226 g/mol. The lowest BCUT2D eigenvalue weighted by Crippen LogP contribution is -2.36. The van der Waals surface area contributed by atoms with Crippen molar-refractivity contribution in [2.24, 2.45) is 11.7 Å². The molecule has 1 amide bonds. The second-order valence-electron chi connectivity index (χ2n) is 5.02. The summed E-state index contributed by atoms with van der Waals surface area (Å²) in [5.74, 6) is 0.967. The highest BCUT2D eigenvalue weighted by Crippen LogP contribution is 2.27. The number of rotatable bonds is 6. The Labute approximate surface area is 99.2 Å². The topological polar surface area (TPSA) is 55.1 Å².